The number of hydrogen-bond acceptors (Lipinski definition) is 4. The van der Waals surface area contributed by atoms with E-state index in [-0.39, 0.29) is 24.7 Å². The molecule has 6 nitrogen and oxygen atoms in total. The number of nitrogens with two attached hydrogens (primary N) is 1. The number of unbranched alkanes of at least 4 members (excludes halogenated alkanes) is 1. The van der Waals surface area contributed by atoms with Crippen molar-refractivity contribution in [2.24, 2.45) is 5.73 Å². The minimum atomic E-state index is -1.000. The quantitative estimate of drug-likeness (QED) is 0.475. The number of nitrogens with one attached hydrogen (secondary N) is 1. The van der Waals surface area contributed by atoms with Gasteiger partial charge in [-0.1, -0.05) is 35.3 Å². The molecule has 2 aromatic carbocycles. The molecule has 0 saturated heterocycles. The number of carboxylic acids is 1. The third-order valence-corrected chi connectivity index (χ3v) is 5.83. The summed E-state index contributed by atoms with van der Waals surface area (Å²) in [5.74, 6) is -1.20. The first-order valence-electron chi connectivity index (χ1n) is 9.89. The molecule has 1 aliphatic heterocycles. The first kappa shape index (κ1) is 25.3. The van der Waals surface area contributed by atoms with E-state index in [1.807, 2.05) is 24.3 Å². The van der Waals surface area contributed by atoms with Crippen LogP contribution in [0.4, 0.5) is 11.4 Å². The third kappa shape index (κ3) is 5.83. The van der Waals surface area contributed by atoms with Gasteiger partial charge in [0.25, 0.3) is 0 Å². The highest BCUT2D eigenvalue weighted by Gasteiger charge is 2.37. The molecule has 1 aliphatic rings. The van der Waals surface area contributed by atoms with Crippen molar-refractivity contribution in [3.05, 3.63) is 57.6 Å². The standard InChI is InChI=1S/C22H25Cl2N3O3.ClH/c1-13(28)27(16-7-5-14(6-8-16)4-2-3-9-25)20-12-19(22(29)30)26-18-11-15(23)10-17(24)21(18)20;/h5-8,10-11,19-20,26H,2-4,9,12,25H2,1H3,(H,29,30);1H. The molecule has 9 heteroatoms. The molecule has 168 valence electrons. The van der Waals surface area contributed by atoms with Crippen molar-refractivity contribution in [1.82, 2.24) is 0 Å². The summed E-state index contributed by atoms with van der Waals surface area (Å²) in [6.07, 6.45) is 3.07. The Hall–Kier alpha value is -1.99. The predicted molar refractivity (Wildman–Crippen MR) is 128 cm³/mol. The van der Waals surface area contributed by atoms with Gasteiger partial charge in [-0.05, 0) is 55.6 Å². The largest absolute Gasteiger partial charge is 0.480 e. The van der Waals surface area contributed by atoms with Gasteiger partial charge < -0.3 is 21.1 Å². The molecule has 2 unspecified atom stereocenters. The number of aryl methyl sites for hydroxylation is 1. The van der Waals surface area contributed by atoms with E-state index in [1.54, 1.807) is 17.0 Å². The Labute approximate surface area is 198 Å². The molecule has 0 radical (unpaired) electrons. The van der Waals surface area contributed by atoms with Crippen molar-refractivity contribution >= 4 is 58.9 Å². The van der Waals surface area contributed by atoms with E-state index in [0.717, 1.165) is 24.8 Å². The van der Waals surface area contributed by atoms with Gasteiger partial charge >= 0.3 is 5.97 Å². The number of anilines is 2. The van der Waals surface area contributed by atoms with Crippen LogP contribution in [0.25, 0.3) is 0 Å². The van der Waals surface area contributed by atoms with Gasteiger partial charge in [-0.2, -0.15) is 0 Å². The van der Waals surface area contributed by atoms with Gasteiger partial charge in [-0.15, -0.1) is 12.4 Å². The van der Waals surface area contributed by atoms with Crippen LogP contribution in [0.3, 0.4) is 0 Å². The number of carbonyl (C=O) groups excluding carboxylic acids is 1. The van der Waals surface area contributed by atoms with Crippen molar-refractivity contribution in [2.45, 2.75) is 44.7 Å². The number of hydrogen-bond donors (Lipinski definition) is 3. The first-order chi connectivity index (χ1) is 14.3. The zero-order valence-electron chi connectivity index (χ0n) is 17.1. The summed E-state index contributed by atoms with van der Waals surface area (Å²) in [7, 11) is 0. The SMILES string of the molecule is CC(=O)N(c1ccc(CCCCN)cc1)C1CC(C(=O)O)Nc2cc(Cl)cc(Cl)c21.Cl. The van der Waals surface area contributed by atoms with Crippen LogP contribution in [-0.2, 0) is 16.0 Å². The fourth-order valence-electron chi connectivity index (χ4n) is 3.91. The van der Waals surface area contributed by atoms with Crippen LogP contribution >= 0.6 is 35.6 Å². The highest BCUT2D eigenvalue weighted by Crippen LogP contribution is 2.44. The maximum atomic E-state index is 12.7. The molecule has 0 bridgehead atoms. The Morgan fingerprint density at radius 3 is 2.45 bits per heavy atom. The van der Waals surface area contributed by atoms with Crippen LogP contribution in [-0.4, -0.2) is 29.6 Å². The number of halogens is 3. The van der Waals surface area contributed by atoms with Crippen molar-refractivity contribution in [1.29, 1.82) is 0 Å². The van der Waals surface area contributed by atoms with Crippen LogP contribution in [0.15, 0.2) is 36.4 Å². The van der Waals surface area contributed by atoms with Gasteiger partial charge in [0.05, 0.1) is 6.04 Å². The minimum Gasteiger partial charge on any atom is -0.480 e. The fourth-order valence-corrected chi connectivity index (χ4v) is 4.52. The maximum absolute atomic E-state index is 12.7. The summed E-state index contributed by atoms with van der Waals surface area (Å²) < 4.78 is 0. The lowest BCUT2D eigenvalue weighted by Crippen LogP contribution is -2.43. The molecular weight excluding hydrogens is 461 g/mol. The molecule has 0 fully saturated rings. The molecule has 1 heterocycles. The second kappa shape index (κ2) is 11.0. The van der Waals surface area contributed by atoms with Crippen molar-refractivity contribution < 1.29 is 14.7 Å². The number of benzene rings is 2. The van der Waals surface area contributed by atoms with Crippen molar-refractivity contribution in [3.63, 3.8) is 0 Å². The summed E-state index contributed by atoms with van der Waals surface area (Å²) in [5, 5.41) is 13.4. The Balaban J connectivity index is 0.00000341. The molecule has 0 aromatic heterocycles. The number of fused-ring (bicyclic) bond motifs is 1. The Kier molecular flexibility index (Phi) is 9.01. The van der Waals surface area contributed by atoms with Gasteiger partial charge in [0.1, 0.15) is 6.04 Å². The molecule has 1 amide bonds. The molecular formula is C22H26Cl3N3O3. The van der Waals surface area contributed by atoms with E-state index in [2.05, 4.69) is 5.32 Å². The fraction of sp³-hybridized carbons (Fsp3) is 0.364. The summed E-state index contributed by atoms with van der Waals surface area (Å²) in [4.78, 5) is 26.0. The van der Waals surface area contributed by atoms with E-state index in [4.69, 9.17) is 28.9 Å². The van der Waals surface area contributed by atoms with E-state index >= 15 is 0 Å². The monoisotopic (exact) mass is 485 g/mol. The van der Waals surface area contributed by atoms with Gasteiger partial charge in [0.2, 0.25) is 5.91 Å². The summed E-state index contributed by atoms with van der Waals surface area (Å²) in [6, 6.07) is 9.60. The van der Waals surface area contributed by atoms with E-state index < -0.39 is 18.1 Å². The second-order valence-corrected chi connectivity index (χ2v) is 8.28. The number of aliphatic carboxylic acids is 1. The third-order valence-electron chi connectivity index (χ3n) is 5.30. The molecule has 4 N–H and O–H groups in total. The Morgan fingerprint density at radius 2 is 1.87 bits per heavy atom. The predicted octanol–water partition coefficient (Wildman–Crippen LogP) is 5.06. The molecule has 2 aromatic rings. The first-order valence-corrected chi connectivity index (χ1v) is 10.6. The molecule has 3 rings (SSSR count). The Morgan fingerprint density at radius 1 is 1.19 bits per heavy atom. The van der Waals surface area contributed by atoms with E-state index in [0.29, 0.717) is 33.5 Å². The van der Waals surface area contributed by atoms with Crippen LogP contribution in [0.5, 0.6) is 0 Å². The van der Waals surface area contributed by atoms with Crippen molar-refractivity contribution in [2.75, 3.05) is 16.8 Å². The lowest BCUT2D eigenvalue weighted by Gasteiger charge is -2.38. The maximum Gasteiger partial charge on any atom is 0.326 e. The number of nitrogens with zero attached hydrogens (tertiary/aromatic N) is 1. The van der Waals surface area contributed by atoms with Gasteiger partial charge in [0.15, 0.2) is 0 Å². The van der Waals surface area contributed by atoms with Crippen LogP contribution in [0, 0.1) is 0 Å². The number of rotatable bonds is 7. The number of amides is 1. The van der Waals surface area contributed by atoms with Crippen LogP contribution < -0.4 is 16.0 Å². The molecule has 0 aliphatic carbocycles. The normalized spacial score (nSPS) is 17.2. The topological polar surface area (TPSA) is 95.7 Å². The van der Waals surface area contributed by atoms with Crippen LogP contribution in [0.2, 0.25) is 10.0 Å². The van der Waals surface area contributed by atoms with E-state index in [9.17, 15) is 14.7 Å². The van der Waals surface area contributed by atoms with Crippen LogP contribution in [0.1, 0.15) is 43.4 Å². The lowest BCUT2D eigenvalue weighted by atomic mass is 9.90. The summed E-state index contributed by atoms with van der Waals surface area (Å²) >= 11 is 12.6. The highest BCUT2D eigenvalue weighted by molar-refractivity contribution is 6.35. The molecule has 0 saturated carbocycles. The number of carbonyl (C=O) groups is 2. The van der Waals surface area contributed by atoms with Crippen molar-refractivity contribution in [3.8, 4) is 0 Å². The number of carboxylic acid groups (broad SMARTS) is 1. The molecule has 31 heavy (non-hydrogen) atoms. The minimum absolute atomic E-state index is 0. The van der Waals surface area contributed by atoms with Gasteiger partial charge in [-0.3, -0.25) is 4.79 Å². The smallest absolute Gasteiger partial charge is 0.326 e. The second-order valence-electron chi connectivity index (χ2n) is 7.44. The zero-order chi connectivity index (χ0) is 21.8. The molecule has 2 atom stereocenters. The lowest BCUT2D eigenvalue weighted by molar-refractivity contribution is -0.138. The van der Waals surface area contributed by atoms with Gasteiger partial charge in [-0.25, -0.2) is 4.79 Å². The average Bonchev–Trinajstić information content (AvgIpc) is 2.68. The summed E-state index contributed by atoms with van der Waals surface area (Å²) in [5.41, 5.74) is 8.61. The summed E-state index contributed by atoms with van der Waals surface area (Å²) in [6.45, 7) is 2.14. The van der Waals surface area contributed by atoms with Gasteiger partial charge in [0, 0.05) is 40.3 Å². The average molecular weight is 487 g/mol. The Bertz CT molecular complexity index is 938. The van der Waals surface area contributed by atoms with E-state index in [1.165, 1.54) is 6.92 Å². The highest BCUT2D eigenvalue weighted by atomic mass is 35.5. The zero-order valence-corrected chi connectivity index (χ0v) is 19.4. The molecule has 0 spiro atoms.